The molecule has 0 aliphatic heterocycles. The molecule has 14 heavy (non-hydrogen) atoms. The highest BCUT2D eigenvalue weighted by Gasteiger charge is 2.12. The minimum absolute atomic E-state index is 0.297. The minimum Gasteiger partial charge on any atom is -0.344 e. The van der Waals surface area contributed by atoms with Gasteiger partial charge >= 0.3 is 0 Å². The molecule has 0 saturated heterocycles. The number of hydrogen-bond acceptors (Lipinski definition) is 3. The molecule has 0 saturated carbocycles. The van der Waals surface area contributed by atoms with Crippen LogP contribution in [0.5, 0.6) is 0 Å². The maximum atomic E-state index is 5.66. The zero-order valence-electron chi connectivity index (χ0n) is 7.99. The summed E-state index contributed by atoms with van der Waals surface area (Å²) in [7, 11) is 1.88. The standard InChI is InChI=1S/C9H10ClN3O/c1-3-7-6(5-13(2)11-7)8-4-9(10)14-12-8/h4-5H,3H2,1-2H3. The van der Waals surface area contributed by atoms with Crippen molar-refractivity contribution in [3.63, 3.8) is 0 Å². The number of hydrogen-bond donors (Lipinski definition) is 0. The topological polar surface area (TPSA) is 43.9 Å². The second-order valence-corrected chi connectivity index (χ2v) is 3.41. The summed E-state index contributed by atoms with van der Waals surface area (Å²) >= 11 is 5.66. The maximum absolute atomic E-state index is 5.66. The first kappa shape index (κ1) is 9.27. The van der Waals surface area contributed by atoms with E-state index in [1.54, 1.807) is 10.7 Å². The highest BCUT2D eigenvalue weighted by atomic mass is 35.5. The first-order chi connectivity index (χ1) is 6.70. The van der Waals surface area contributed by atoms with Gasteiger partial charge in [0.1, 0.15) is 5.69 Å². The van der Waals surface area contributed by atoms with Crippen molar-refractivity contribution < 1.29 is 4.52 Å². The smallest absolute Gasteiger partial charge is 0.226 e. The van der Waals surface area contributed by atoms with Crippen LogP contribution in [0, 0.1) is 0 Å². The fourth-order valence-corrected chi connectivity index (χ4v) is 1.53. The third kappa shape index (κ3) is 1.53. The summed E-state index contributed by atoms with van der Waals surface area (Å²) in [5, 5.41) is 8.45. The highest BCUT2D eigenvalue weighted by molar-refractivity contribution is 6.29. The first-order valence-electron chi connectivity index (χ1n) is 4.35. The van der Waals surface area contributed by atoms with Crippen LogP contribution in [0.1, 0.15) is 12.6 Å². The lowest BCUT2D eigenvalue weighted by Crippen LogP contribution is -1.89. The molecule has 0 aliphatic rings. The van der Waals surface area contributed by atoms with Crippen LogP contribution in [-0.2, 0) is 13.5 Å². The summed E-state index contributed by atoms with van der Waals surface area (Å²) in [6, 6.07) is 1.69. The summed E-state index contributed by atoms with van der Waals surface area (Å²) in [6.45, 7) is 2.05. The third-order valence-corrected chi connectivity index (χ3v) is 2.18. The largest absolute Gasteiger partial charge is 0.344 e. The predicted molar refractivity (Wildman–Crippen MR) is 53.1 cm³/mol. The van der Waals surface area contributed by atoms with Gasteiger partial charge in [0.2, 0.25) is 5.22 Å². The number of halogens is 1. The normalized spacial score (nSPS) is 10.8. The van der Waals surface area contributed by atoms with Crippen molar-refractivity contribution in [2.75, 3.05) is 0 Å². The van der Waals surface area contributed by atoms with E-state index in [1.165, 1.54) is 0 Å². The van der Waals surface area contributed by atoms with Crippen LogP contribution in [0.4, 0.5) is 0 Å². The van der Waals surface area contributed by atoms with Crippen LogP contribution in [-0.4, -0.2) is 14.9 Å². The van der Waals surface area contributed by atoms with Gasteiger partial charge in [-0.05, 0) is 18.0 Å². The van der Waals surface area contributed by atoms with E-state index in [1.807, 2.05) is 20.2 Å². The Hall–Kier alpha value is -1.29. The number of aryl methyl sites for hydroxylation is 2. The molecule has 0 atom stereocenters. The van der Waals surface area contributed by atoms with Gasteiger partial charge in [-0.3, -0.25) is 4.68 Å². The lowest BCUT2D eigenvalue weighted by molar-refractivity contribution is 0.424. The molecule has 0 spiro atoms. The van der Waals surface area contributed by atoms with Crippen LogP contribution in [0.15, 0.2) is 16.8 Å². The van der Waals surface area contributed by atoms with E-state index in [2.05, 4.69) is 10.3 Å². The van der Waals surface area contributed by atoms with Gasteiger partial charge < -0.3 is 4.52 Å². The molecule has 0 bridgehead atoms. The Balaban J connectivity index is 2.49. The van der Waals surface area contributed by atoms with Crippen molar-refractivity contribution in [2.24, 2.45) is 7.05 Å². The molecule has 0 fully saturated rings. The van der Waals surface area contributed by atoms with Crippen LogP contribution in [0.25, 0.3) is 11.3 Å². The van der Waals surface area contributed by atoms with E-state index in [0.717, 1.165) is 23.4 Å². The Labute approximate surface area is 86.5 Å². The quantitative estimate of drug-likeness (QED) is 0.766. The monoisotopic (exact) mass is 211 g/mol. The molecule has 2 aromatic rings. The van der Waals surface area contributed by atoms with E-state index < -0.39 is 0 Å². The van der Waals surface area contributed by atoms with Gasteiger partial charge in [-0.1, -0.05) is 12.1 Å². The molecule has 0 unspecified atom stereocenters. The summed E-state index contributed by atoms with van der Waals surface area (Å²) < 4.78 is 6.57. The molecule has 4 nitrogen and oxygen atoms in total. The average Bonchev–Trinajstić information content (AvgIpc) is 2.71. The van der Waals surface area contributed by atoms with Gasteiger partial charge in [0.25, 0.3) is 0 Å². The molecule has 0 aliphatic carbocycles. The summed E-state index contributed by atoms with van der Waals surface area (Å²) in [4.78, 5) is 0. The van der Waals surface area contributed by atoms with Crippen LogP contribution >= 0.6 is 11.6 Å². The van der Waals surface area contributed by atoms with E-state index in [-0.39, 0.29) is 0 Å². The predicted octanol–water partition coefficient (Wildman–Crippen LogP) is 2.29. The van der Waals surface area contributed by atoms with Gasteiger partial charge in [-0.15, -0.1) is 0 Å². The Morgan fingerprint density at radius 1 is 1.57 bits per heavy atom. The minimum atomic E-state index is 0.297. The Morgan fingerprint density at radius 2 is 2.36 bits per heavy atom. The lowest BCUT2D eigenvalue weighted by Gasteiger charge is -1.91. The molecule has 2 aromatic heterocycles. The Kier molecular flexibility index (Phi) is 2.29. The van der Waals surface area contributed by atoms with Gasteiger partial charge in [-0.2, -0.15) is 5.10 Å². The van der Waals surface area contributed by atoms with Crippen LogP contribution in [0.2, 0.25) is 5.22 Å². The zero-order valence-corrected chi connectivity index (χ0v) is 8.75. The van der Waals surface area contributed by atoms with Crippen molar-refractivity contribution in [1.82, 2.24) is 14.9 Å². The molecular formula is C9H10ClN3O. The lowest BCUT2D eigenvalue weighted by atomic mass is 10.1. The third-order valence-electron chi connectivity index (χ3n) is 2.00. The summed E-state index contributed by atoms with van der Waals surface area (Å²) in [6.07, 6.45) is 2.77. The van der Waals surface area contributed by atoms with Gasteiger partial charge in [0, 0.05) is 24.9 Å². The van der Waals surface area contributed by atoms with Crippen LogP contribution in [0.3, 0.4) is 0 Å². The molecule has 0 aromatic carbocycles. The maximum Gasteiger partial charge on any atom is 0.226 e. The molecule has 2 rings (SSSR count). The number of rotatable bonds is 2. The van der Waals surface area contributed by atoms with Gasteiger partial charge in [0.15, 0.2) is 0 Å². The van der Waals surface area contributed by atoms with E-state index >= 15 is 0 Å². The molecule has 74 valence electrons. The van der Waals surface area contributed by atoms with Crippen molar-refractivity contribution in [2.45, 2.75) is 13.3 Å². The second-order valence-electron chi connectivity index (χ2n) is 3.03. The van der Waals surface area contributed by atoms with E-state index in [9.17, 15) is 0 Å². The molecule has 0 N–H and O–H groups in total. The molecule has 5 heteroatoms. The van der Waals surface area contributed by atoms with Crippen molar-refractivity contribution >= 4 is 11.6 Å². The fourth-order valence-electron chi connectivity index (χ4n) is 1.39. The fraction of sp³-hybridized carbons (Fsp3) is 0.333. The van der Waals surface area contributed by atoms with Crippen molar-refractivity contribution in [3.8, 4) is 11.3 Å². The van der Waals surface area contributed by atoms with Crippen molar-refractivity contribution in [3.05, 3.63) is 23.2 Å². The second kappa shape index (κ2) is 3.46. The molecular weight excluding hydrogens is 202 g/mol. The van der Waals surface area contributed by atoms with Gasteiger partial charge in [-0.25, -0.2) is 0 Å². The highest BCUT2D eigenvalue weighted by Crippen LogP contribution is 2.24. The SMILES string of the molecule is CCc1nn(C)cc1-c1cc(Cl)on1. The zero-order chi connectivity index (χ0) is 10.1. The van der Waals surface area contributed by atoms with Crippen LogP contribution < -0.4 is 0 Å². The molecule has 0 amide bonds. The van der Waals surface area contributed by atoms with E-state index in [4.69, 9.17) is 16.1 Å². The van der Waals surface area contributed by atoms with E-state index in [0.29, 0.717) is 5.22 Å². The average molecular weight is 212 g/mol. The summed E-state index contributed by atoms with van der Waals surface area (Å²) in [5.41, 5.74) is 2.71. The Bertz CT molecular complexity index is 447. The Morgan fingerprint density at radius 3 is 2.93 bits per heavy atom. The number of aromatic nitrogens is 3. The first-order valence-corrected chi connectivity index (χ1v) is 4.73. The molecule has 2 heterocycles. The molecule has 0 radical (unpaired) electrons. The number of nitrogens with zero attached hydrogens (tertiary/aromatic N) is 3. The van der Waals surface area contributed by atoms with Gasteiger partial charge in [0.05, 0.1) is 5.69 Å². The van der Waals surface area contributed by atoms with Crippen molar-refractivity contribution in [1.29, 1.82) is 0 Å². The summed E-state index contributed by atoms with van der Waals surface area (Å²) in [5.74, 6) is 0.